The molecule has 0 aromatic heterocycles. The third kappa shape index (κ3) is 11.0. The van der Waals surface area contributed by atoms with Crippen LogP contribution in [0.1, 0.15) is 103 Å². The molecule has 3 rings (SSSR count). The van der Waals surface area contributed by atoms with Gasteiger partial charge in [-0.05, 0) is 18.9 Å². The zero-order chi connectivity index (χ0) is 33.8. The molecule has 1 aromatic carbocycles. The van der Waals surface area contributed by atoms with Gasteiger partial charge in [-0.1, -0.05) is 0 Å². The molecule has 1 saturated heterocycles. The van der Waals surface area contributed by atoms with E-state index in [2.05, 4.69) is 59.1 Å². The molecule has 0 spiro atoms. The molecule has 46 heavy (non-hydrogen) atoms. The van der Waals surface area contributed by atoms with Crippen molar-refractivity contribution in [2.45, 2.75) is 123 Å². The van der Waals surface area contributed by atoms with E-state index in [1.807, 2.05) is 38.1 Å². The van der Waals surface area contributed by atoms with Gasteiger partial charge in [-0.2, -0.15) is 21.6 Å². The number of halogens is 3. The van der Waals surface area contributed by atoms with E-state index in [9.17, 15) is 21.6 Å². The fourth-order valence-electron chi connectivity index (χ4n) is 5.87. The standard InChI is InChI=1S/C24H22F3O5S.3C4H9.Sn/c1-4-5-10-17-11-6-7-14-19(17)22-21(30-23(2,3)31-22)16-9-13-18-12-8-15-20(18)32-33(28,29)24(25,26)27;3*1-3-4-2;/h1,4-7,10-11,13-15,21-22H,8,12H2,2-3H3;3*1,3-4H2,2H3;/b4-1?,10-5+,18-13+;;;;/t21-,22-;;;;/m1..../s1. The molecule has 1 aromatic rings. The van der Waals surface area contributed by atoms with Gasteiger partial charge in [-0.15, -0.1) is 0 Å². The molecule has 1 fully saturated rings. The maximum atomic E-state index is 12.8. The number of unbranched alkanes of at least 4 members (excludes halogenated alkanes) is 3. The fourth-order valence-corrected chi connectivity index (χ4v) is 20.5. The first-order valence-electron chi connectivity index (χ1n) is 16.5. The van der Waals surface area contributed by atoms with Gasteiger partial charge in [0.15, 0.2) is 0 Å². The van der Waals surface area contributed by atoms with E-state index in [4.69, 9.17) is 9.47 Å². The number of hydrogen-bond acceptors (Lipinski definition) is 5. The van der Waals surface area contributed by atoms with E-state index in [1.54, 1.807) is 0 Å². The second-order valence-electron chi connectivity index (χ2n) is 12.5. The summed E-state index contributed by atoms with van der Waals surface area (Å²) >= 11 is -2.41. The van der Waals surface area contributed by atoms with Gasteiger partial charge in [0.2, 0.25) is 0 Å². The van der Waals surface area contributed by atoms with E-state index in [1.165, 1.54) is 64.0 Å². The Balaban J connectivity index is 1.84. The zero-order valence-electron chi connectivity index (χ0n) is 27.8. The molecule has 0 N–H and O–H groups in total. The average molecular weight is 770 g/mol. The molecule has 1 aliphatic heterocycles. The Kier molecular flexibility index (Phi) is 14.6. The summed E-state index contributed by atoms with van der Waals surface area (Å²) in [5.41, 5.74) is -3.32. The number of allylic oxidation sites excluding steroid dienone is 5. The van der Waals surface area contributed by atoms with E-state index >= 15 is 0 Å². The molecule has 2 atom stereocenters. The molecule has 5 nitrogen and oxygen atoms in total. The van der Waals surface area contributed by atoms with Crippen molar-refractivity contribution in [1.82, 2.24) is 0 Å². The second-order valence-corrected chi connectivity index (χ2v) is 27.1. The number of ether oxygens (including phenoxy) is 2. The maximum absolute atomic E-state index is 12.8. The topological polar surface area (TPSA) is 61.8 Å². The third-order valence-electron chi connectivity index (χ3n) is 8.34. The normalized spacial score (nSPS) is 21.2. The Bertz CT molecular complexity index is 1430. The number of rotatable bonds is 15. The molecule has 0 saturated carbocycles. The van der Waals surface area contributed by atoms with Crippen LogP contribution >= 0.6 is 0 Å². The van der Waals surface area contributed by atoms with Gasteiger partial charge < -0.3 is 4.18 Å². The molecule has 0 unspecified atom stereocenters. The van der Waals surface area contributed by atoms with Gasteiger partial charge in [0.1, 0.15) is 5.76 Å². The first kappa shape index (κ1) is 38.4. The Morgan fingerprint density at radius 1 is 1.00 bits per heavy atom. The van der Waals surface area contributed by atoms with E-state index in [-0.39, 0.29) is 11.3 Å². The van der Waals surface area contributed by atoms with Gasteiger partial charge >= 0.3 is 229 Å². The van der Waals surface area contributed by atoms with Gasteiger partial charge in [0.25, 0.3) is 0 Å². The number of hydrogen-bond donors (Lipinski definition) is 0. The zero-order valence-corrected chi connectivity index (χ0v) is 31.5. The van der Waals surface area contributed by atoms with Crippen LogP contribution in [0.15, 0.2) is 64.0 Å². The molecular weight excluding hydrogens is 720 g/mol. The van der Waals surface area contributed by atoms with Gasteiger partial charge in [-0.3, -0.25) is 0 Å². The third-order valence-corrected chi connectivity index (χ3v) is 23.4. The SMILES string of the molecule is CCC[CH2][Sn](/[CH]=C/C=C/c1ccccc1[C@H]1OC(C)(C)O[C@@H]1C#C/C=C1\CCC=C1OS(=O)(=O)C(F)(F)F)([CH2]CCC)[CH2]CCC. The molecular formula is C36H49F3O5SSn. The second kappa shape index (κ2) is 17.4. The van der Waals surface area contributed by atoms with Crippen LogP contribution in [0.2, 0.25) is 13.3 Å². The fraction of sp³-hybridized carbons (Fsp3) is 0.556. The van der Waals surface area contributed by atoms with Crippen molar-refractivity contribution in [1.29, 1.82) is 0 Å². The molecule has 0 amide bonds. The van der Waals surface area contributed by atoms with Crippen LogP contribution in [-0.2, 0) is 23.8 Å². The Morgan fingerprint density at radius 2 is 1.63 bits per heavy atom. The van der Waals surface area contributed by atoms with Crippen LogP contribution in [0.4, 0.5) is 13.2 Å². The van der Waals surface area contributed by atoms with Crippen molar-refractivity contribution in [2.75, 3.05) is 0 Å². The molecule has 0 radical (unpaired) electrons. The number of benzene rings is 1. The molecule has 10 heteroatoms. The number of alkyl halides is 3. The monoisotopic (exact) mass is 770 g/mol. The average Bonchev–Trinajstić information content (AvgIpc) is 3.57. The summed E-state index contributed by atoms with van der Waals surface area (Å²) in [6.07, 6.45) is 16.4. The first-order valence-corrected chi connectivity index (χ1v) is 25.6. The van der Waals surface area contributed by atoms with Crippen molar-refractivity contribution >= 4 is 34.6 Å². The van der Waals surface area contributed by atoms with Crippen LogP contribution in [0.3, 0.4) is 0 Å². The summed E-state index contributed by atoms with van der Waals surface area (Å²) in [6, 6.07) is 7.96. The van der Waals surface area contributed by atoms with Crippen molar-refractivity contribution < 1.29 is 35.2 Å². The van der Waals surface area contributed by atoms with Crippen LogP contribution in [0.5, 0.6) is 0 Å². The molecule has 1 heterocycles. The molecule has 1 aliphatic carbocycles. The van der Waals surface area contributed by atoms with Crippen molar-refractivity contribution in [2.24, 2.45) is 0 Å². The molecule has 2 aliphatic rings. The first-order chi connectivity index (χ1) is 21.8. The van der Waals surface area contributed by atoms with Crippen LogP contribution in [0.25, 0.3) is 6.08 Å². The van der Waals surface area contributed by atoms with Crippen molar-refractivity contribution in [3.8, 4) is 11.8 Å². The van der Waals surface area contributed by atoms with Gasteiger partial charge in [0.05, 0.1) is 0 Å². The van der Waals surface area contributed by atoms with E-state index < -0.39 is 52.0 Å². The van der Waals surface area contributed by atoms with Crippen LogP contribution in [0, 0.1) is 11.8 Å². The summed E-state index contributed by atoms with van der Waals surface area (Å²) in [5.74, 6) is 4.65. The van der Waals surface area contributed by atoms with Crippen molar-refractivity contribution in [3.63, 3.8) is 0 Å². The minimum absolute atomic E-state index is 0.281. The van der Waals surface area contributed by atoms with E-state index in [0.29, 0.717) is 12.8 Å². The Hall–Kier alpha value is -2.00. The van der Waals surface area contributed by atoms with Gasteiger partial charge in [-0.25, -0.2) is 0 Å². The Morgan fingerprint density at radius 3 is 2.24 bits per heavy atom. The Labute approximate surface area is 278 Å². The van der Waals surface area contributed by atoms with Gasteiger partial charge in [0, 0.05) is 0 Å². The summed E-state index contributed by atoms with van der Waals surface area (Å²) in [4.78, 5) is 0. The molecule has 0 bridgehead atoms. The van der Waals surface area contributed by atoms with Crippen LogP contribution in [-0.4, -0.2) is 44.2 Å². The quantitative estimate of drug-likeness (QED) is 0.0585. The summed E-state index contributed by atoms with van der Waals surface area (Å²) < 4.78 is 85.2. The van der Waals surface area contributed by atoms with Crippen LogP contribution < -0.4 is 0 Å². The predicted octanol–water partition coefficient (Wildman–Crippen LogP) is 10.3. The predicted molar refractivity (Wildman–Crippen MR) is 182 cm³/mol. The summed E-state index contributed by atoms with van der Waals surface area (Å²) in [7, 11) is -5.76. The summed E-state index contributed by atoms with van der Waals surface area (Å²) in [6.45, 7) is 10.5. The van der Waals surface area contributed by atoms with Crippen molar-refractivity contribution in [3.05, 3.63) is 75.1 Å². The summed E-state index contributed by atoms with van der Waals surface area (Å²) in [5, 5.41) is 0. The van der Waals surface area contributed by atoms with E-state index in [0.717, 1.165) is 11.1 Å². The molecule has 254 valence electrons. The minimum atomic E-state index is -5.76.